The Bertz CT molecular complexity index is 2150. The van der Waals surface area contributed by atoms with Gasteiger partial charge in [0.05, 0.1) is 5.52 Å². The molecule has 0 spiro atoms. The van der Waals surface area contributed by atoms with E-state index in [0.29, 0.717) is 0 Å². The maximum atomic E-state index is 6.49. The normalized spacial score (nSPS) is 11.8. The van der Waals surface area contributed by atoms with Gasteiger partial charge in [0.15, 0.2) is 0 Å². The summed E-state index contributed by atoms with van der Waals surface area (Å²) in [6.45, 7) is 2.08. The van der Waals surface area contributed by atoms with Crippen molar-refractivity contribution in [3.8, 4) is 45.5 Å². The Hall–Kier alpha value is -5.03. The molecule has 6 heteroatoms. The number of pyridine rings is 2. The molecule has 9 rings (SSSR count). The van der Waals surface area contributed by atoms with E-state index in [1.54, 1.807) is 0 Å². The first-order chi connectivity index (χ1) is 21.7. The standard InChI is InChI=1S/C27H15BNO2.C12H10N.Ir/c1-3-11-21-17(7-1)15-16-22(29-21)18-8-5-10-20-27(18)31-25-14-6-13-24-26(25)28(20)19-9-2-4-12-23(19)30-24;1-10-7-8-12(13-9-10)11-5-3-2-4-6-11;/h1-7,9-16H;2-5,7-9H,1H3;/q2*-1;. The summed E-state index contributed by atoms with van der Waals surface area (Å²) in [6.07, 6.45) is 1.87. The maximum absolute atomic E-state index is 6.49. The quantitative estimate of drug-likeness (QED) is 0.138. The molecule has 0 unspecified atom stereocenters. The van der Waals surface area contributed by atoms with Gasteiger partial charge in [0, 0.05) is 37.5 Å². The number of para-hydroxylation sites is 2. The van der Waals surface area contributed by atoms with E-state index in [9.17, 15) is 0 Å². The zero-order chi connectivity index (χ0) is 29.5. The Balaban J connectivity index is 0.000000196. The van der Waals surface area contributed by atoms with Crippen molar-refractivity contribution in [2.45, 2.75) is 6.92 Å². The SMILES string of the molecule is Cc1ccc(-c2[c-]cccc2)nc1.[Ir].[c-]1ccc2c(c1-c1ccc3ccccc3n1)Oc1cccc3c1B2c1ccccc1O3. The molecule has 2 aliphatic heterocycles. The van der Waals surface area contributed by atoms with Crippen molar-refractivity contribution >= 4 is 34.0 Å². The third-order valence-corrected chi connectivity index (χ3v) is 8.02. The van der Waals surface area contributed by atoms with Crippen LogP contribution in [-0.4, -0.2) is 16.7 Å². The van der Waals surface area contributed by atoms with Gasteiger partial charge in [-0.05, 0) is 59.0 Å². The van der Waals surface area contributed by atoms with E-state index in [0.717, 1.165) is 72.8 Å². The smallest absolute Gasteiger partial charge is 0.241 e. The average molecular weight is 757 g/mol. The van der Waals surface area contributed by atoms with Crippen LogP contribution in [0.3, 0.4) is 0 Å². The predicted molar refractivity (Wildman–Crippen MR) is 177 cm³/mol. The number of nitrogens with zero attached hydrogens (tertiary/aromatic N) is 2. The molecule has 0 saturated heterocycles. The summed E-state index contributed by atoms with van der Waals surface area (Å²) in [7, 11) is 0. The van der Waals surface area contributed by atoms with Crippen LogP contribution >= 0.6 is 0 Å². The Morgan fingerprint density at radius 1 is 0.622 bits per heavy atom. The van der Waals surface area contributed by atoms with Crippen LogP contribution in [0.15, 0.2) is 134 Å². The largest absolute Gasteiger partial charge is 0.503 e. The van der Waals surface area contributed by atoms with Crippen LogP contribution in [0.5, 0.6) is 23.0 Å². The molecule has 7 aromatic rings. The monoisotopic (exact) mass is 757 g/mol. The number of benzene rings is 5. The van der Waals surface area contributed by atoms with Crippen LogP contribution in [0, 0.1) is 19.1 Å². The third kappa shape index (κ3) is 5.33. The molecule has 0 fully saturated rings. The van der Waals surface area contributed by atoms with E-state index in [1.165, 1.54) is 5.56 Å². The summed E-state index contributed by atoms with van der Waals surface area (Å²) in [5.74, 6) is 3.39. The third-order valence-electron chi connectivity index (χ3n) is 8.02. The molecule has 4 nitrogen and oxygen atoms in total. The zero-order valence-corrected chi connectivity index (χ0v) is 26.7. The van der Waals surface area contributed by atoms with Gasteiger partial charge in [0.1, 0.15) is 17.2 Å². The van der Waals surface area contributed by atoms with Crippen LogP contribution in [-0.2, 0) is 20.1 Å². The number of aromatic nitrogens is 2. The van der Waals surface area contributed by atoms with Crippen molar-refractivity contribution in [2.75, 3.05) is 0 Å². The van der Waals surface area contributed by atoms with Crippen molar-refractivity contribution in [3.63, 3.8) is 0 Å². The summed E-state index contributed by atoms with van der Waals surface area (Å²) in [5.41, 5.74) is 9.24. The van der Waals surface area contributed by atoms with Gasteiger partial charge in [-0.2, -0.15) is 0 Å². The fourth-order valence-electron chi connectivity index (χ4n) is 5.92. The van der Waals surface area contributed by atoms with E-state index >= 15 is 0 Å². The molecule has 45 heavy (non-hydrogen) atoms. The van der Waals surface area contributed by atoms with Gasteiger partial charge in [0.25, 0.3) is 0 Å². The Labute approximate surface area is 276 Å². The second kappa shape index (κ2) is 12.2. The van der Waals surface area contributed by atoms with E-state index in [1.807, 2.05) is 104 Å². The average Bonchev–Trinajstić information content (AvgIpc) is 3.09. The minimum atomic E-state index is 0. The molecule has 4 heterocycles. The summed E-state index contributed by atoms with van der Waals surface area (Å²) >= 11 is 0. The molecular formula is C39H25BIrN2O2-2. The van der Waals surface area contributed by atoms with Crippen molar-refractivity contribution in [3.05, 3.63) is 151 Å². The first-order valence-electron chi connectivity index (χ1n) is 14.6. The molecule has 0 bridgehead atoms. The molecule has 2 aliphatic rings. The zero-order valence-electron chi connectivity index (χ0n) is 24.3. The number of aryl methyl sites for hydroxylation is 1. The fraction of sp³-hybridized carbons (Fsp3) is 0.0256. The van der Waals surface area contributed by atoms with Gasteiger partial charge in [-0.15, -0.1) is 59.6 Å². The van der Waals surface area contributed by atoms with Gasteiger partial charge in [-0.1, -0.05) is 72.3 Å². The van der Waals surface area contributed by atoms with Crippen LogP contribution in [0.2, 0.25) is 0 Å². The van der Waals surface area contributed by atoms with Crippen LogP contribution in [0.25, 0.3) is 33.4 Å². The number of hydrogen-bond acceptors (Lipinski definition) is 4. The van der Waals surface area contributed by atoms with Crippen LogP contribution in [0.1, 0.15) is 5.56 Å². The summed E-state index contributed by atoms with van der Waals surface area (Å²) in [4.78, 5) is 9.22. The van der Waals surface area contributed by atoms with Crippen molar-refractivity contribution in [1.82, 2.24) is 9.97 Å². The van der Waals surface area contributed by atoms with Crippen molar-refractivity contribution in [2.24, 2.45) is 0 Å². The minimum absolute atomic E-state index is 0. The summed E-state index contributed by atoms with van der Waals surface area (Å²) < 4.78 is 12.7. The second-order valence-electron chi connectivity index (χ2n) is 10.9. The maximum Gasteiger partial charge on any atom is 0.241 e. The molecule has 0 amide bonds. The predicted octanol–water partition coefficient (Wildman–Crippen LogP) is 7.28. The molecule has 217 valence electrons. The topological polar surface area (TPSA) is 44.2 Å². The van der Waals surface area contributed by atoms with E-state index in [4.69, 9.17) is 14.5 Å². The Morgan fingerprint density at radius 3 is 2.24 bits per heavy atom. The number of rotatable bonds is 2. The molecule has 1 radical (unpaired) electrons. The number of fused-ring (bicyclic) bond motifs is 5. The van der Waals surface area contributed by atoms with Crippen LogP contribution in [0.4, 0.5) is 0 Å². The summed E-state index contributed by atoms with van der Waals surface area (Å²) in [5, 5.41) is 1.12. The number of ether oxygens (including phenoxy) is 2. The van der Waals surface area contributed by atoms with E-state index < -0.39 is 0 Å². The van der Waals surface area contributed by atoms with Crippen molar-refractivity contribution < 1.29 is 29.6 Å². The van der Waals surface area contributed by atoms with Gasteiger partial charge >= 0.3 is 0 Å². The van der Waals surface area contributed by atoms with Gasteiger partial charge in [-0.3, -0.25) is 4.98 Å². The first-order valence-corrected chi connectivity index (χ1v) is 14.6. The van der Waals surface area contributed by atoms with Crippen LogP contribution < -0.4 is 25.9 Å². The van der Waals surface area contributed by atoms with E-state index in [-0.39, 0.29) is 26.8 Å². The van der Waals surface area contributed by atoms with E-state index in [2.05, 4.69) is 53.5 Å². The molecule has 0 saturated carbocycles. The van der Waals surface area contributed by atoms with Gasteiger partial charge in [0.2, 0.25) is 6.71 Å². The molecule has 0 atom stereocenters. The fourth-order valence-corrected chi connectivity index (χ4v) is 5.92. The number of hydrogen-bond donors (Lipinski definition) is 0. The van der Waals surface area contributed by atoms with Crippen molar-refractivity contribution in [1.29, 1.82) is 0 Å². The second-order valence-corrected chi connectivity index (χ2v) is 10.9. The van der Waals surface area contributed by atoms with Gasteiger partial charge < -0.3 is 14.5 Å². The first kappa shape index (κ1) is 28.7. The summed E-state index contributed by atoms with van der Waals surface area (Å²) in [6, 6.07) is 49.1. The minimum Gasteiger partial charge on any atom is -0.503 e. The van der Waals surface area contributed by atoms with Gasteiger partial charge in [-0.25, -0.2) is 0 Å². The Kier molecular flexibility index (Phi) is 7.77. The molecule has 0 N–H and O–H groups in total. The molecular weight excluding hydrogens is 731 g/mol. The molecule has 5 aromatic carbocycles. The molecule has 2 aromatic heterocycles. The Morgan fingerprint density at radius 2 is 1.40 bits per heavy atom. The molecule has 0 aliphatic carbocycles.